The van der Waals surface area contributed by atoms with Crippen molar-refractivity contribution in [2.45, 2.75) is 43.9 Å². The lowest BCUT2D eigenvalue weighted by molar-refractivity contribution is -0.00449. The number of hydrogen-bond donors (Lipinski definition) is 1. The highest BCUT2D eigenvalue weighted by Gasteiger charge is 2.52. The summed E-state index contributed by atoms with van der Waals surface area (Å²) < 4.78 is 27.6. The van der Waals surface area contributed by atoms with Crippen molar-refractivity contribution in [1.82, 2.24) is 4.98 Å². The van der Waals surface area contributed by atoms with E-state index in [1.54, 1.807) is 0 Å². The summed E-state index contributed by atoms with van der Waals surface area (Å²) in [6.45, 7) is 0. The van der Waals surface area contributed by atoms with Crippen LogP contribution in [-0.2, 0) is 5.41 Å². The van der Waals surface area contributed by atoms with Gasteiger partial charge in [-0.15, -0.1) is 0 Å². The summed E-state index contributed by atoms with van der Waals surface area (Å²) >= 11 is 0. The van der Waals surface area contributed by atoms with Crippen LogP contribution in [0.15, 0.2) is 18.3 Å². The number of aromatic nitrogens is 1. The Labute approximate surface area is 122 Å². The quantitative estimate of drug-likeness (QED) is 0.766. The second-order valence-electron chi connectivity index (χ2n) is 7.71. The Bertz CT molecular complexity index is 695. The molecule has 3 heteroatoms. The maximum atomic E-state index is 14.0. The van der Waals surface area contributed by atoms with Gasteiger partial charge in [0.15, 0.2) is 0 Å². The molecule has 110 valence electrons. The number of aromatic amines is 1. The molecule has 0 saturated heterocycles. The maximum absolute atomic E-state index is 14.0. The lowest BCUT2D eigenvalue weighted by atomic mass is 9.48. The molecule has 0 amide bonds. The van der Waals surface area contributed by atoms with Gasteiger partial charge in [0.25, 0.3) is 0 Å². The average Bonchev–Trinajstić information content (AvgIpc) is 2.81. The molecule has 4 aliphatic carbocycles. The smallest absolute Gasteiger partial charge is 0.150 e. The Morgan fingerprint density at radius 3 is 2.19 bits per heavy atom. The third-order valence-corrected chi connectivity index (χ3v) is 6.32. The normalized spacial score (nSPS) is 37.5. The summed E-state index contributed by atoms with van der Waals surface area (Å²) in [5.41, 5.74) is 1.82. The van der Waals surface area contributed by atoms with Crippen molar-refractivity contribution >= 4 is 10.9 Å². The first-order chi connectivity index (χ1) is 10.1. The Morgan fingerprint density at radius 2 is 1.57 bits per heavy atom. The highest BCUT2D eigenvalue weighted by Crippen LogP contribution is 2.61. The van der Waals surface area contributed by atoms with Crippen LogP contribution < -0.4 is 0 Å². The Morgan fingerprint density at radius 1 is 0.952 bits per heavy atom. The topological polar surface area (TPSA) is 15.8 Å². The molecule has 4 bridgehead atoms. The number of hydrogen-bond acceptors (Lipinski definition) is 0. The average molecular weight is 287 g/mol. The zero-order valence-electron chi connectivity index (χ0n) is 12.0. The Balaban J connectivity index is 1.71. The van der Waals surface area contributed by atoms with Gasteiger partial charge in [0.2, 0.25) is 0 Å². The van der Waals surface area contributed by atoms with Crippen molar-refractivity contribution in [3.05, 3.63) is 35.5 Å². The SMILES string of the molecule is Fc1cc(F)c2[nH]cc(C34CC5CC(CC(C5)C3)C4)c2c1. The van der Waals surface area contributed by atoms with E-state index in [4.69, 9.17) is 0 Å². The fraction of sp³-hybridized carbons (Fsp3) is 0.556. The molecule has 2 aromatic rings. The van der Waals surface area contributed by atoms with E-state index in [1.807, 2.05) is 6.20 Å². The number of nitrogens with one attached hydrogen (secondary N) is 1. The summed E-state index contributed by atoms with van der Waals surface area (Å²) in [5, 5.41) is 0.773. The van der Waals surface area contributed by atoms with E-state index in [0.717, 1.165) is 29.2 Å². The van der Waals surface area contributed by atoms with Gasteiger partial charge in [-0.25, -0.2) is 8.78 Å². The third kappa shape index (κ3) is 1.60. The molecule has 1 nitrogen and oxygen atoms in total. The van der Waals surface area contributed by atoms with Crippen molar-refractivity contribution in [3.8, 4) is 0 Å². The second-order valence-corrected chi connectivity index (χ2v) is 7.71. The summed E-state index contributed by atoms with van der Waals surface area (Å²) in [6, 6.07) is 2.49. The van der Waals surface area contributed by atoms with Gasteiger partial charge in [0, 0.05) is 17.6 Å². The van der Waals surface area contributed by atoms with Crippen molar-refractivity contribution in [3.63, 3.8) is 0 Å². The van der Waals surface area contributed by atoms with Crippen LogP contribution >= 0.6 is 0 Å². The zero-order valence-corrected chi connectivity index (χ0v) is 12.0. The fourth-order valence-electron chi connectivity index (χ4n) is 6.03. The number of benzene rings is 1. The van der Waals surface area contributed by atoms with Crippen LogP contribution in [0.25, 0.3) is 10.9 Å². The summed E-state index contributed by atoms with van der Waals surface area (Å²) in [5.74, 6) is 1.56. The van der Waals surface area contributed by atoms with Crippen LogP contribution in [0, 0.1) is 29.4 Å². The molecule has 0 spiro atoms. The fourth-order valence-corrected chi connectivity index (χ4v) is 6.03. The summed E-state index contributed by atoms with van der Waals surface area (Å²) in [7, 11) is 0. The van der Waals surface area contributed by atoms with E-state index in [2.05, 4.69) is 4.98 Å². The third-order valence-electron chi connectivity index (χ3n) is 6.32. The number of H-pyrrole nitrogens is 1. The van der Waals surface area contributed by atoms with Gasteiger partial charge in [-0.2, -0.15) is 0 Å². The maximum Gasteiger partial charge on any atom is 0.150 e. The molecular formula is C18H19F2N. The van der Waals surface area contributed by atoms with Gasteiger partial charge in [-0.05, 0) is 73.3 Å². The van der Waals surface area contributed by atoms with E-state index in [0.29, 0.717) is 5.52 Å². The van der Waals surface area contributed by atoms with E-state index < -0.39 is 11.6 Å². The second kappa shape index (κ2) is 3.88. The minimum atomic E-state index is -0.471. The van der Waals surface area contributed by atoms with Gasteiger partial charge < -0.3 is 4.98 Å². The summed E-state index contributed by atoms with van der Waals surface area (Å²) in [4.78, 5) is 3.07. The zero-order chi connectivity index (χ0) is 14.2. The van der Waals surface area contributed by atoms with Crippen molar-refractivity contribution in [1.29, 1.82) is 0 Å². The van der Waals surface area contributed by atoms with Gasteiger partial charge in [-0.3, -0.25) is 0 Å². The minimum Gasteiger partial charge on any atom is -0.358 e. The molecule has 21 heavy (non-hydrogen) atoms. The molecule has 4 fully saturated rings. The van der Waals surface area contributed by atoms with Gasteiger partial charge in [0.05, 0.1) is 5.52 Å². The minimum absolute atomic E-state index is 0.174. The van der Waals surface area contributed by atoms with Gasteiger partial charge >= 0.3 is 0 Å². The van der Waals surface area contributed by atoms with Crippen molar-refractivity contribution in [2.75, 3.05) is 0 Å². The van der Waals surface area contributed by atoms with E-state index >= 15 is 0 Å². The van der Waals surface area contributed by atoms with Crippen molar-refractivity contribution < 1.29 is 8.78 Å². The predicted octanol–water partition coefficient (Wildman–Crippen LogP) is 4.91. The lowest BCUT2D eigenvalue weighted by Crippen LogP contribution is -2.48. The van der Waals surface area contributed by atoms with E-state index in [1.165, 1.54) is 50.2 Å². The highest BCUT2D eigenvalue weighted by atomic mass is 19.1. The molecule has 1 aromatic carbocycles. The first-order valence-corrected chi connectivity index (χ1v) is 8.09. The largest absolute Gasteiger partial charge is 0.358 e. The van der Waals surface area contributed by atoms with Crippen LogP contribution in [0.2, 0.25) is 0 Å². The van der Waals surface area contributed by atoms with Gasteiger partial charge in [0.1, 0.15) is 11.6 Å². The number of rotatable bonds is 1. The molecule has 4 aliphatic rings. The lowest BCUT2D eigenvalue weighted by Gasteiger charge is -2.57. The molecule has 0 atom stereocenters. The predicted molar refractivity (Wildman–Crippen MR) is 78.1 cm³/mol. The standard InChI is InChI=1S/C18H19F2N/c19-13-4-14-15(9-21-17(14)16(20)5-13)18-6-10-1-11(7-18)3-12(2-10)8-18/h4-5,9-12,21H,1-3,6-8H2. The number of halogens is 2. The van der Waals surface area contributed by atoms with E-state index in [-0.39, 0.29) is 5.41 Å². The first-order valence-electron chi connectivity index (χ1n) is 8.09. The molecule has 0 radical (unpaired) electrons. The first kappa shape index (κ1) is 12.2. The van der Waals surface area contributed by atoms with Crippen LogP contribution in [0.4, 0.5) is 8.78 Å². The molecule has 4 saturated carbocycles. The molecule has 1 heterocycles. The monoisotopic (exact) mass is 287 g/mol. The molecule has 0 unspecified atom stereocenters. The molecule has 1 aromatic heterocycles. The van der Waals surface area contributed by atoms with Crippen LogP contribution in [0.5, 0.6) is 0 Å². The van der Waals surface area contributed by atoms with Crippen molar-refractivity contribution in [2.24, 2.45) is 17.8 Å². The van der Waals surface area contributed by atoms with Crippen LogP contribution in [0.3, 0.4) is 0 Å². The Hall–Kier alpha value is -1.38. The highest BCUT2D eigenvalue weighted by molar-refractivity contribution is 5.85. The van der Waals surface area contributed by atoms with Crippen LogP contribution in [-0.4, -0.2) is 4.98 Å². The Kier molecular flexibility index (Phi) is 2.25. The van der Waals surface area contributed by atoms with E-state index in [9.17, 15) is 8.78 Å². The number of fused-ring (bicyclic) bond motifs is 1. The van der Waals surface area contributed by atoms with Crippen LogP contribution in [0.1, 0.15) is 44.1 Å². The molecule has 6 rings (SSSR count). The molecule has 1 N–H and O–H groups in total. The molecular weight excluding hydrogens is 268 g/mol. The summed E-state index contributed by atoms with van der Waals surface area (Å²) in [6.07, 6.45) is 9.73. The van der Waals surface area contributed by atoms with Gasteiger partial charge in [-0.1, -0.05) is 0 Å². The molecule has 0 aliphatic heterocycles.